The fraction of sp³-hybridized carbons (Fsp3) is 0.333. The van der Waals surface area contributed by atoms with Crippen LogP contribution in [0.25, 0.3) is 11.0 Å². The molecule has 4 rings (SSSR count). The molecule has 1 aromatic heterocycles. The highest BCUT2D eigenvalue weighted by molar-refractivity contribution is 6.10. The van der Waals surface area contributed by atoms with Crippen molar-refractivity contribution in [2.45, 2.75) is 38.6 Å². The Morgan fingerprint density at radius 3 is 2.52 bits per heavy atom. The van der Waals surface area contributed by atoms with Crippen LogP contribution in [-0.2, 0) is 0 Å². The number of carbonyl (C=O) groups excluding carboxylic acids is 1. The Morgan fingerprint density at radius 1 is 1.17 bits per heavy atom. The first kappa shape index (κ1) is 19.2. The van der Waals surface area contributed by atoms with Gasteiger partial charge in [0, 0.05) is 35.3 Å². The molecule has 0 saturated carbocycles. The van der Waals surface area contributed by atoms with Gasteiger partial charge in [-0.25, -0.2) is 4.79 Å². The van der Waals surface area contributed by atoms with Crippen molar-refractivity contribution in [1.29, 1.82) is 0 Å². The third-order valence-corrected chi connectivity index (χ3v) is 6.08. The molecule has 150 valence electrons. The van der Waals surface area contributed by atoms with Crippen LogP contribution in [0.3, 0.4) is 0 Å². The summed E-state index contributed by atoms with van der Waals surface area (Å²) in [6.07, 6.45) is 1.02. The maximum atomic E-state index is 12.9. The number of ketones is 1. The van der Waals surface area contributed by atoms with Crippen molar-refractivity contribution in [3.05, 3.63) is 69.6 Å². The first-order valence-electron chi connectivity index (χ1n) is 9.75. The molecule has 5 nitrogen and oxygen atoms in total. The van der Waals surface area contributed by atoms with Gasteiger partial charge >= 0.3 is 5.63 Å². The number of nitrogens with zero attached hydrogens (tertiary/aromatic N) is 1. The van der Waals surface area contributed by atoms with Crippen molar-refractivity contribution in [2.75, 3.05) is 19.1 Å². The van der Waals surface area contributed by atoms with Gasteiger partial charge in [0.15, 0.2) is 5.78 Å². The summed E-state index contributed by atoms with van der Waals surface area (Å²) in [5.74, 6) is 0.667. The monoisotopic (exact) mass is 391 g/mol. The molecule has 0 fully saturated rings. The van der Waals surface area contributed by atoms with E-state index in [9.17, 15) is 9.59 Å². The number of benzene rings is 2. The zero-order valence-corrected chi connectivity index (χ0v) is 17.4. The first-order valence-corrected chi connectivity index (χ1v) is 9.75. The Kier molecular flexibility index (Phi) is 4.49. The van der Waals surface area contributed by atoms with E-state index in [-0.39, 0.29) is 16.9 Å². The molecular weight excluding hydrogens is 366 g/mol. The Bertz CT molecular complexity index is 1160. The summed E-state index contributed by atoms with van der Waals surface area (Å²) in [7, 11) is 3.63. The summed E-state index contributed by atoms with van der Waals surface area (Å²) in [5.41, 5.74) is 2.63. The second-order valence-corrected chi connectivity index (χ2v) is 8.43. The zero-order chi connectivity index (χ0) is 20.9. The molecule has 1 aliphatic heterocycles. The van der Waals surface area contributed by atoms with Gasteiger partial charge in [-0.1, -0.05) is 6.92 Å². The number of fused-ring (bicyclic) bond motifs is 2. The fourth-order valence-corrected chi connectivity index (χ4v) is 4.24. The van der Waals surface area contributed by atoms with Crippen molar-refractivity contribution in [3.63, 3.8) is 0 Å². The second kappa shape index (κ2) is 6.76. The summed E-state index contributed by atoms with van der Waals surface area (Å²) in [5, 5.41) is 0.764. The van der Waals surface area contributed by atoms with E-state index < -0.39 is 5.63 Å². The number of hydrogen-bond donors (Lipinski definition) is 0. The molecule has 0 unspecified atom stereocenters. The molecule has 0 aliphatic carbocycles. The highest BCUT2D eigenvalue weighted by Gasteiger charge is 2.34. The lowest BCUT2D eigenvalue weighted by Gasteiger charge is -2.45. The number of rotatable bonds is 3. The van der Waals surface area contributed by atoms with Gasteiger partial charge in [0.1, 0.15) is 16.9 Å². The van der Waals surface area contributed by atoms with Crippen LogP contribution >= 0.6 is 0 Å². The average Bonchev–Trinajstić information content (AvgIpc) is 2.70. The van der Waals surface area contributed by atoms with Crippen molar-refractivity contribution >= 4 is 22.4 Å². The van der Waals surface area contributed by atoms with Gasteiger partial charge in [-0.3, -0.25) is 4.79 Å². The minimum Gasteiger partial charge on any atom is -0.497 e. The average molecular weight is 391 g/mol. The molecule has 29 heavy (non-hydrogen) atoms. The van der Waals surface area contributed by atoms with Crippen LogP contribution in [0, 0.1) is 0 Å². The molecule has 0 radical (unpaired) electrons. The smallest absolute Gasteiger partial charge is 0.347 e. The van der Waals surface area contributed by atoms with Crippen LogP contribution in [0.15, 0.2) is 51.7 Å². The quantitative estimate of drug-likeness (QED) is 0.476. The van der Waals surface area contributed by atoms with Crippen molar-refractivity contribution in [3.8, 4) is 5.75 Å². The van der Waals surface area contributed by atoms with E-state index in [2.05, 4.69) is 38.8 Å². The molecule has 0 saturated heterocycles. The van der Waals surface area contributed by atoms with E-state index in [1.54, 1.807) is 37.4 Å². The van der Waals surface area contributed by atoms with Crippen LogP contribution in [0.2, 0.25) is 0 Å². The Hall–Kier alpha value is -3.08. The number of methoxy groups -OCH3 is 1. The van der Waals surface area contributed by atoms with Crippen molar-refractivity contribution in [1.82, 2.24) is 0 Å². The molecule has 0 spiro atoms. The van der Waals surface area contributed by atoms with Gasteiger partial charge in [-0.15, -0.1) is 0 Å². The lowest BCUT2D eigenvalue weighted by Crippen LogP contribution is -2.45. The van der Waals surface area contributed by atoms with Crippen LogP contribution < -0.4 is 15.3 Å². The molecular formula is C24H25NO4. The van der Waals surface area contributed by atoms with E-state index in [4.69, 9.17) is 9.15 Å². The molecule has 0 N–H and O–H groups in total. The van der Waals surface area contributed by atoms with E-state index in [1.165, 1.54) is 5.56 Å². The van der Waals surface area contributed by atoms with Gasteiger partial charge in [0.25, 0.3) is 0 Å². The summed E-state index contributed by atoms with van der Waals surface area (Å²) >= 11 is 0. The van der Waals surface area contributed by atoms with Gasteiger partial charge in [-0.05, 0) is 68.1 Å². The lowest BCUT2D eigenvalue weighted by atomic mass is 9.80. The van der Waals surface area contributed by atoms with Gasteiger partial charge in [0.2, 0.25) is 0 Å². The number of hydrogen-bond acceptors (Lipinski definition) is 5. The highest BCUT2D eigenvalue weighted by atomic mass is 16.5. The summed E-state index contributed by atoms with van der Waals surface area (Å²) in [6.45, 7) is 6.63. The van der Waals surface area contributed by atoms with E-state index in [0.717, 1.165) is 17.5 Å². The normalized spacial score (nSPS) is 17.8. The molecule has 5 heteroatoms. The predicted molar refractivity (Wildman–Crippen MR) is 114 cm³/mol. The molecule has 1 aliphatic rings. The summed E-state index contributed by atoms with van der Waals surface area (Å²) in [6, 6.07) is 12.3. The van der Waals surface area contributed by atoms with Crippen LogP contribution in [0.5, 0.6) is 5.75 Å². The zero-order valence-electron chi connectivity index (χ0n) is 17.4. The molecule has 0 bridgehead atoms. The highest BCUT2D eigenvalue weighted by Crippen LogP contribution is 2.43. The van der Waals surface area contributed by atoms with E-state index in [0.29, 0.717) is 22.8 Å². The fourth-order valence-electron chi connectivity index (χ4n) is 4.24. The molecule has 1 atom stereocenters. The minimum absolute atomic E-state index is 0.0185. The maximum absolute atomic E-state index is 12.9. The van der Waals surface area contributed by atoms with Gasteiger partial charge < -0.3 is 14.1 Å². The number of anilines is 1. The Balaban J connectivity index is 1.82. The number of carbonyl (C=O) groups is 1. The summed E-state index contributed by atoms with van der Waals surface area (Å²) < 4.78 is 10.7. The number of ether oxygens (including phenoxy) is 1. The van der Waals surface area contributed by atoms with Crippen molar-refractivity contribution in [2.24, 2.45) is 0 Å². The predicted octanol–water partition coefficient (Wildman–Crippen LogP) is 4.75. The van der Waals surface area contributed by atoms with E-state index >= 15 is 0 Å². The van der Waals surface area contributed by atoms with Crippen LogP contribution in [0.1, 0.15) is 54.6 Å². The van der Waals surface area contributed by atoms with Gasteiger partial charge in [0.05, 0.1) is 7.11 Å². The van der Waals surface area contributed by atoms with Crippen LogP contribution in [0.4, 0.5) is 5.69 Å². The molecule has 2 heterocycles. The molecule has 0 amide bonds. The maximum Gasteiger partial charge on any atom is 0.347 e. The summed E-state index contributed by atoms with van der Waals surface area (Å²) in [4.78, 5) is 27.7. The lowest BCUT2D eigenvalue weighted by molar-refractivity contribution is 0.103. The third-order valence-electron chi connectivity index (χ3n) is 6.08. The van der Waals surface area contributed by atoms with E-state index in [1.807, 2.05) is 6.07 Å². The topological polar surface area (TPSA) is 59.8 Å². The second-order valence-electron chi connectivity index (χ2n) is 8.43. The minimum atomic E-state index is -0.621. The first-order chi connectivity index (χ1) is 13.7. The third kappa shape index (κ3) is 3.20. The standard InChI is InChI=1S/C24H25NO4/c1-14-13-24(2,3)25(4)20-12-21-16(10-18(14)20)11-19(23(27)29-21)22(26)15-6-8-17(28-5)9-7-15/h6-12,14H,13H2,1-5H3/t14-/m1/s1. The Morgan fingerprint density at radius 2 is 1.86 bits per heavy atom. The SMILES string of the molecule is COc1ccc(C(=O)c2cc3cc4c(cc3oc2=O)N(C)C(C)(C)C[C@H]4C)cc1. The molecule has 2 aromatic carbocycles. The van der Waals surface area contributed by atoms with Crippen molar-refractivity contribution < 1.29 is 13.9 Å². The largest absolute Gasteiger partial charge is 0.497 e. The Labute approximate surface area is 169 Å². The van der Waals surface area contributed by atoms with Crippen LogP contribution in [-0.4, -0.2) is 25.5 Å². The molecule has 3 aromatic rings. The van der Waals surface area contributed by atoms with Gasteiger partial charge in [-0.2, -0.15) is 0 Å².